The number of hydrogen-bond donors (Lipinski definition) is 1. The van der Waals surface area contributed by atoms with Crippen LogP contribution in [0.15, 0.2) is 24.3 Å². The molecule has 1 rings (SSSR count). The number of carboxylic acids is 1. The summed E-state index contributed by atoms with van der Waals surface area (Å²) in [6, 6.07) is 6.12. The minimum atomic E-state index is -1.09. The maximum Gasteiger partial charge on any atom is 0.411 e. The molecular formula is C16H23NO5. The first-order chi connectivity index (χ1) is 10.1. The molecule has 1 aromatic carbocycles. The van der Waals surface area contributed by atoms with Crippen molar-refractivity contribution in [3.05, 3.63) is 29.8 Å². The van der Waals surface area contributed by atoms with Gasteiger partial charge in [0.25, 0.3) is 0 Å². The second-order valence-corrected chi connectivity index (χ2v) is 5.97. The number of nitrogens with zero attached hydrogens (tertiary/aromatic N) is 1. The Bertz CT molecular complexity index is 536. The molecule has 1 N–H and O–H groups in total. The number of aliphatic carboxylic acids is 1. The second-order valence-electron chi connectivity index (χ2n) is 5.97. The molecule has 1 unspecified atom stereocenters. The van der Waals surface area contributed by atoms with Crippen LogP contribution in [-0.4, -0.2) is 40.8 Å². The molecule has 6 heteroatoms. The Hall–Kier alpha value is -2.24. The van der Waals surface area contributed by atoms with Gasteiger partial charge in [-0.25, -0.2) is 9.59 Å². The van der Waals surface area contributed by atoms with E-state index < -0.39 is 23.7 Å². The van der Waals surface area contributed by atoms with Crippen LogP contribution in [0.4, 0.5) is 4.79 Å². The van der Waals surface area contributed by atoms with Crippen LogP contribution in [-0.2, 0) is 16.1 Å². The summed E-state index contributed by atoms with van der Waals surface area (Å²) >= 11 is 0. The summed E-state index contributed by atoms with van der Waals surface area (Å²) in [4.78, 5) is 24.7. The van der Waals surface area contributed by atoms with Crippen molar-refractivity contribution in [3.63, 3.8) is 0 Å². The van der Waals surface area contributed by atoms with Crippen LogP contribution in [0.3, 0.4) is 0 Å². The highest BCUT2D eigenvalue weighted by Gasteiger charge is 2.29. The number of rotatable bonds is 5. The highest BCUT2D eigenvalue weighted by atomic mass is 16.6. The molecule has 0 bridgehead atoms. The van der Waals surface area contributed by atoms with Crippen LogP contribution in [0, 0.1) is 0 Å². The topological polar surface area (TPSA) is 76.1 Å². The molecule has 0 radical (unpaired) electrons. The average molecular weight is 309 g/mol. The molecule has 22 heavy (non-hydrogen) atoms. The molecule has 0 aromatic heterocycles. The highest BCUT2D eigenvalue weighted by molar-refractivity contribution is 5.79. The number of amides is 1. The van der Waals surface area contributed by atoms with Gasteiger partial charge in [-0.05, 0) is 45.4 Å². The lowest BCUT2D eigenvalue weighted by molar-refractivity contribution is -0.142. The fraction of sp³-hybridized carbons (Fsp3) is 0.500. The van der Waals surface area contributed by atoms with Crippen LogP contribution in [0.2, 0.25) is 0 Å². The predicted molar refractivity (Wildman–Crippen MR) is 81.9 cm³/mol. The van der Waals surface area contributed by atoms with Gasteiger partial charge < -0.3 is 14.6 Å². The fourth-order valence-electron chi connectivity index (χ4n) is 1.78. The first-order valence-electron chi connectivity index (χ1n) is 6.99. The predicted octanol–water partition coefficient (Wildman–Crippen LogP) is 2.91. The third-order valence-electron chi connectivity index (χ3n) is 2.94. The van der Waals surface area contributed by atoms with Crippen molar-refractivity contribution in [1.82, 2.24) is 4.90 Å². The Kier molecular flexibility index (Phi) is 5.79. The Labute approximate surface area is 130 Å². The van der Waals surface area contributed by atoms with Crippen LogP contribution < -0.4 is 4.74 Å². The first kappa shape index (κ1) is 17.8. The smallest absolute Gasteiger partial charge is 0.411 e. The van der Waals surface area contributed by atoms with Gasteiger partial charge in [0.15, 0.2) is 0 Å². The summed E-state index contributed by atoms with van der Waals surface area (Å²) in [5.41, 5.74) is 0.0698. The Morgan fingerprint density at radius 2 is 1.95 bits per heavy atom. The van der Waals surface area contributed by atoms with E-state index in [4.69, 9.17) is 9.47 Å². The van der Waals surface area contributed by atoms with Crippen molar-refractivity contribution in [3.8, 4) is 5.75 Å². The summed E-state index contributed by atoms with van der Waals surface area (Å²) in [6.45, 7) is 6.78. The van der Waals surface area contributed by atoms with E-state index in [1.807, 2.05) is 0 Å². The summed E-state index contributed by atoms with van der Waals surface area (Å²) in [5.74, 6) is -0.446. The molecule has 6 nitrogen and oxygen atoms in total. The van der Waals surface area contributed by atoms with Gasteiger partial charge >= 0.3 is 12.1 Å². The van der Waals surface area contributed by atoms with Crippen molar-refractivity contribution in [1.29, 1.82) is 0 Å². The van der Waals surface area contributed by atoms with Crippen LogP contribution >= 0.6 is 0 Å². The van der Waals surface area contributed by atoms with Crippen molar-refractivity contribution in [2.24, 2.45) is 0 Å². The molecule has 1 amide bonds. The third-order valence-corrected chi connectivity index (χ3v) is 2.94. The molecule has 0 aliphatic carbocycles. The van der Waals surface area contributed by atoms with Crippen LogP contribution in [0.5, 0.6) is 5.75 Å². The SMILES string of the molecule is COc1cccc(CN(C(=O)OC(C)(C)C)C(C)C(=O)O)c1. The van der Waals surface area contributed by atoms with E-state index in [0.29, 0.717) is 5.75 Å². The molecule has 1 atom stereocenters. The van der Waals surface area contributed by atoms with E-state index in [1.165, 1.54) is 11.8 Å². The monoisotopic (exact) mass is 309 g/mol. The van der Waals surface area contributed by atoms with Gasteiger partial charge in [-0.2, -0.15) is 0 Å². The standard InChI is InChI=1S/C16H23NO5/c1-11(14(18)19)17(15(20)22-16(2,3)4)10-12-7-6-8-13(9-12)21-5/h6-9,11H,10H2,1-5H3,(H,18,19). The van der Waals surface area contributed by atoms with Crippen molar-refractivity contribution in [2.75, 3.05) is 7.11 Å². The van der Waals surface area contributed by atoms with Gasteiger partial charge in [-0.1, -0.05) is 12.1 Å². The minimum absolute atomic E-state index is 0.125. The lowest BCUT2D eigenvalue weighted by Crippen LogP contribution is -2.45. The molecule has 0 fully saturated rings. The largest absolute Gasteiger partial charge is 0.497 e. The average Bonchev–Trinajstić information content (AvgIpc) is 2.42. The van der Waals surface area contributed by atoms with Gasteiger partial charge in [0.2, 0.25) is 0 Å². The van der Waals surface area contributed by atoms with Gasteiger partial charge in [0.05, 0.1) is 13.7 Å². The Balaban J connectivity index is 2.99. The maximum atomic E-state index is 12.3. The lowest BCUT2D eigenvalue weighted by atomic mass is 10.1. The van der Waals surface area contributed by atoms with Crippen molar-refractivity contribution < 1.29 is 24.2 Å². The minimum Gasteiger partial charge on any atom is -0.497 e. The number of carbonyl (C=O) groups excluding carboxylic acids is 1. The first-order valence-corrected chi connectivity index (χ1v) is 6.99. The van der Waals surface area contributed by atoms with E-state index in [2.05, 4.69) is 0 Å². The quantitative estimate of drug-likeness (QED) is 0.905. The zero-order chi connectivity index (χ0) is 16.9. The zero-order valence-electron chi connectivity index (χ0n) is 13.6. The number of methoxy groups -OCH3 is 1. The van der Waals surface area contributed by atoms with Crippen molar-refractivity contribution in [2.45, 2.75) is 45.9 Å². The van der Waals surface area contributed by atoms with Crippen LogP contribution in [0.25, 0.3) is 0 Å². The molecule has 1 aromatic rings. The lowest BCUT2D eigenvalue weighted by Gasteiger charge is -2.30. The molecule has 122 valence electrons. The number of ether oxygens (including phenoxy) is 2. The van der Waals surface area contributed by atoms with E-state index in [-0.39, 0.29) is 6.54 Å². The molecule has 0 heterocycles. The molecule has 0 aliphatic rings. The summed E-state index contributed by atoms with van der Waals surface area (Å²) in [6.07, 6.45) is -0.662. The summed E-state index contributed by atoms with van der Waals surface area (Å²) in [7, 11) is 1.55. The van der Waals surface area contributed by atoms with Gasteiger partial charge in [0, 0.05) is 0 Å². The van der Waals surface area contributed by atoms with Gasteiger partial charge in [-0.15, -0.1) is 0 Å². The number of hydrogen-bond acceptors (Lipinski definition) is 4. The number of carboxylic acid groups (broad SMARTS) is 1. The Morgan fingerprint density at radius 3 is 2.45 bits per heavy atom. The van der Waals surface area contributed by atoms with E-state index in [9.17, 15) is 14.7 Å². The van der Waals surface area contributed by atoms with E-state index in [0.717, 1.165) is 5.56 Å². The number of carbonyl (C=O) groups is 2. The molecule has 0 aliphatic heterocycles. The third kappa shape index (κ3) is 5.27. The van der Waals surface area contributed by atoms with E-state index in [1.54, 1.807) is 52.1 Å². The maximum absolute atomic E-state index is 12.3. The summed E-state index contributed by atoms with van der Waals surface area (Å²) < 4.78 is 10.4. The second kappa shape index (κ2) is 7.15. The van der Waals surface area contributed by atoms with Gasteiger partial charge in [-0.3, -0.25) is 4.90 Å². The normalized spacial score (nSPS) is 12.4. The molecule has 0 spiro atoms. The Morgan fingerprint density at radius 1 is 1.32 bits per heavy atom. The zero-order valence-corrected chi connectivity index (χ0v) is 13.6. The molecule has 0 saturated carbocycles. The molecular weight excluding hydrogens is 286 g/mol. The summed E-state index contributed by atoms with van der Waals surface area (Å²) in [5, 5.41) is 9.20. The van der Waals surface area contributed by atoms with Crippen LogP contribution in [0.1, 0.15) is 33.3 Å². The van der Waals surface area contributed by atoms with Gasteiger partial charge in [0.1, 0.15) is 17.4 Å². The fourth-order valence-corrected chi connectivity index (χ4v) is 1.78. The number of benzene rings is 1. The van der Waals surface area contributed by atoms with E-state index >= 15 is 0 Å². The highest BCUT2D eigenvalue weighted by Crippen LogP contribution is 2.18. The van der Waals surface area contributed by atoms with Crippen molar-refractivity contribution >= 4 is 12.1 Å². The molecule has 0 saturated heterocycles.